The van der Waals surface area contributed by atoms with Crippen LogP contribution < -0.4 is 16.4 Å². The first-order valence-electron chi connectivity index (χ1n) is 6.43. The number of hydrogen-bond acceptors (Lipinski definition) is 3. The molecule has 3 amide bonds. The molecule has 0 bridgehead atoms. The first-order valence-corrected chi connectivity index (χ1v) is 6.43. The predicted octanol–water partition coefficient (Wildman–Crippen LogP) is 1.32. The van der Waals surface area contributed by atoms with Crippen LogP contribution >= 0.6 is 0 Å². The Labute approximate surface area is 122 Å². The van der Waals surface area contributed by atoms with Crippen molar-refractivity contribution in [2.24, 2.45) is 11.7 Å². The Bertz CT molecular complexity index is 569. The molecule has 1 aromatic rings. The highest BCUT2D eigenvalue weighted by atomic mass is 16.4. The first kappa shape index (κ1) is 16.5. The molecule has 21 heavy (non-hydrogen) atoms. The monoisotopic (exact) mass is 293 g/mol. The van der Waals surface area contributed by atoms with E-state index in [4.69, 9.17) is 10.8 Å². The molecule has 0 aromatic heterocycles. The fraction of sp³-hybridized carbons (Fsp3) is 0.357. The number of hydrogen-bond donors (Lipinski definition) is 4. The molecule has 0 aliphatic rings. The lowest BCUT2D eigenvalue weighted by Gasteiger charge is -2.21. The summed E-state index contributed by atoms with van der Waals surface area (Å²) < 4.78 is 0. The molecule has 0 saturated heterocycles. The average molecular weight is 293 g/mol. The van der Waals surface area contributed by atoms with Gasteiger partial charge in [-0.2, -0.15) is 0 Å². The van der Waals surface area contributed by atoms with Gasteiger partial charge in [0, 0.05) is 0 Å². The maximum atomic E-state index is 12.2. The second-order valence-corrected chi connectivity index (χ2v) is 5.07. The number of carboxylic acids is 1. The molecule has 0 aliphatic carbocycles. The Kier molecular flexibility index (Phi) is 5.29. The van der Waals surface area contributed by atoms with Gasteiger partial charge in [-0.15, -0.1) is 0 Å². The Balaban J connectivity index is 3.01. The highest BCUT2D eigenvalue weighted by Crippen LogP contribution is 2.18. The summed E-state index contributed by atoms with van der Waals surface area (Å²) in [5.41, 5.74) is 5.97. The number of amides is 3. The van der Waals surface area contributed by atoms with Gasteiger partial charge < -0.3 is 21.5 Å². The van der Waals surface area contributed by atoms with Gasteiger partial charge in [-0.3, -0.25) is 4.79 Å². The topological polar surface area (TPSA) is 122 Å². The lowest BCUT2D eigenvalue weighted by molar-refractivity contribution is -0.118. The van der Waals surface area contributed by atoms with Crippen LogP contribution in [-0.2, 0) is 4.79 Å². The number of carbonyl (C=O) groups excluding carboxylic acids is 2. The van der Waals surface area contributed by atoms with Gasteiger partial charge in [0.05, 0.1) is 11.3 Å². The van der Waals surface area contributed by atoms with E-state index in [0.717, 1.165) is 5.56 Å². The minimum atomic E-state index is -1.14. The molecule has 0 radical (unpaired) electrons. The summed E-state index contributed by atoms with van der Waals surface area (Å²) in [6.45, 7) is 5.24. The zero-order chi connectivity index (χ0) is 16.2. The predicted molar refractivity (Wildman–Crippen MR) is 78.1 cm³/mol. The van der Waals surface area contributed by atoms with Crippen molar-refractivity contribution in [1.29, 1.82) is 0 Å². The molecule has 1 unspecified atom stereocenters. The maximum Gasteiger partial charge on any atom is 0.337 e. The van der Waals surface area contributed by atoms with Crippen molar-refractivity contribution in [3.8, 4) is 0 Å². The largest absolute Gasteiger partial charge is 0.478 e. The minimum Gasteiger partial charge on any atom is -0.478 e. The lowest BCUT2D eigenvalue weighted by atomic mass is 10.0. The number of carbonyl (C=O) groups is 3. The summed E-state index contributed by atoms with van der Waals surface area (Å²) in [6.07, 6.45) is 0. The van der Waals surface area contributed by atoms with Crippen LogP contribution in [0, 0.1) is 12.8 Å². The molecule has 5 N–H and O–H groups in total. The SMILES string of the molecule is Cc1ccc(NC(=O)C(NC(N)=O)C(C)C)c(C(=O)O)c1. The second-order valence-electron chi connectivity index (χ2n) is 5.07. The van der Waals surface area contributed by atoms with Crippen LogP contribution in [-0.4, -0.2) is 29.1 Å². The molecule has 114 valence electrons. The van der Waals surface area contributed by atoms with Gasteiger partial charge in [0.1, 0.15) is 6.04 Å². The zero-order valence-electron chi connectivity index (χ0n) is 12.1. The number of rotatable bonds is 5. The summed E-state index contributed by atoms with van der Waals surface area (Å²) in [4.78, 5) is 34.3. The number of benzene rings is 1. The molecule has 1 atom stereocenters. The average Bonchev–Trinajstić information content (AvgIpc) is 2.37. The van der Waals surface area contributed by atoms with Crippen molar-refractivity contribution in [2.45, 2.75) is 26.8 Å². The third-order valence-electron chi connectivity index (χ3n) is 2.91. The van der Waals surface area contributed by atoms with E-state index in [1.807, 2.05) is 0 Å². The number of primary amides is 1. The summed E-state index contributed by atoms with van der Waals surface area (Å²) >= 11 is 0. The van der Waals surface area contributed by atoms with Crippen molar-refractivity contribution in [3.05, 3.63) is 29.3 Å². The minimum absolute atomic E-state index is 0.00932. The molecule has 0 spiro atoms. The van der Waals surface area contributed by atoms with E-state index in [0.29, 0.717) is 0 Å². The number of nitrogens with two attached hydrogens (primary N) is 1. The molecular weight excluding hydrogens is 274 g/mol. The molecule has 0 saturated carbocycles. The van der Waals surface area contributed by atoms with E-state index in [1.165, 1.54) is 12.1 Å². The standard InChI is InChI=1S/C14H19N3O4/c1-7(2)11(17-14(15)21)12(18)16-10-5-4-8(3)6-9(10)13(19)20/h4-7,11H,1-3H3,(H,16,18)(H,19,20)(H3,15,17,21). The molecule has 0 aliphatic heterocycles. The fourth-order valence-electron chi connectivity index (χ4n) is 1.84. The van der Waals surface area contributed by atoms with Gasteiger partial charge >= 0.3 is 12.0 Å². The molecule has 1 aromatic carbocycles. The normalized spacial score (nSPS) is 11.8. The summed E-state index contributed by atoms with van der Waals surface area (Å²) in [5.74, 6) is -1.86. The molecule has 0 heterocycles. The molecule has 0 fully saturated rings. The van der Waals surface area contributed by atoms with Crippen LogP contribution in [0.5, 0.6) is 0 Å². The van der Waals surface area contributed by atoms with Gasteiger partial charge in [-0.25, -0.2) is 9.59 Å². The molecule has 1 rings (SSSR count). The van der Waals surface area contributed by atoms with Gasteiger partial charge in [0.2, 0.25) is 5.91 Å². The van der Waals surface area contributed by atoms with Crippen LogP contribution in [0.25, 0.3) is 0 Å². The van der Waals surface area contributed by atoms with Crippen LogP contribution in [0.2, 0.25) is 0 Å². The molecule has 7 nitrogen and oxygen atoms in total. The van der Waals surface area contributed by atoms with E-state index in [9.17, 15) is 14.4 Å². The van der Waals surface area contributed by atoms with Crippen LogP contribution in [0.1, 0.15) is 29.8 Å². The zero-order valence-corrected chi connectivity index (χ0v) is 12.1. The number of anilines is 1. The highest BCUT2D eigenvalue weighted by Gasteiger charge is 2.24. The summed E-state index contributed by atoms with van der Waals surface area (Å²) in [5, 5.41) is 14.0. The molecule has 7 heteroatoms. The summed E-state index contributed by atoms with van der Waals surface area (Å²) in [6, 6.07) is 3.01. The Morgan fingerprint density at radius 2 is 1.86 bits per heavy atom. The van der Waals surface area contributed by atoms with Crippen molar-refractivity contribution in [3.63, 3.8) is 0 Å². The van der Waals surface area contributed by atoms with Gasteiger partial charge in [-0.1, -0.05) is 25.5 Å². The van der Waals surface area contributed by atoms with Crippen LogP contribution in [0.4, 0.5) is 10.5 Å². The van der Waals surface area contributed by atoms with Gasteiger partial charge in [0.25, 0.3) is 0 Å². The van der Waals surface area contributed by atoms with Crippen LogP contribution in [0.3, 0.4) is 0 Å². The number of nitrogens with one attached hydrogen (secondary N) is 2. The van der Waals surface area contributed by atoms with Crippen molar-refractivity contribution >= 4 is 23.6 Å². The fourth-order valence-corrected chi connectivity index (χ4v) is 1.84. The summed E-state index contributed by atoms with van der Waals surface area (Å²) in [7, 11) is 0. The highest BCUT2D eigenvalue weighted by molar-refractivity contribution is 6.03. The van der Waals surface area contributed by atoms with Crippen molar-refractivity contribution in [2.75, 3.05) is 5.32 Å². The number of aromatic carboxylic acids is 1. The third kappa shape index (κ3) is 4.48. The number of carboxylic acid groups (broad SMARTS) is 1. The lowest BCUT2D eigenvalue weighted by Crippen LogP contribution is -2.49. The Hall–Kier alpha value is -2.57. The Morgan fingerprint density at radius 1 is 1.24 bits per heavy atom. The first-order chi connectivity index (χ1) is 9.72. The van der Waals surface area contributed by atoms with Crippen molar-refractivity contribution in [1.82, 2.24) is 5.32 Å². The number of urea groups is 1. The van der Waals surface area contributed by atoms with E-state index in [-0.39, 0.29) is 17.2 Å². The van der Waals surface area contributed by atoms with E-state index in [2.05, 4.69) is 10.6 Å². The van der Waals surface area contributed by atoms with E-state index in [1.54, 1.807) is 26.8 Å². The quantitative estimate of drug-likeness (QED) is 0.654. The van der Waals surface area contributed by atoms with Crippen molar-refractivity contribution < 1.29 is 19.5 Å². The number of aryl methyl sites for hydroxylation is 1. The van der Waals surface area contributed by atoms with E-state index < -0.39 is 23.9 Å². The van der Waals surface area contributed by atoms with E-state index >= 15 is 0 Å². The maximum absolute atomic E-state index is 12.2. The molecular formula is C14H19N3O4. The van der Waals surface area contributed by atoms with Gasteiger partial charge in [-0.05, 0) is 25.0 Å². The third-order valence-corrected chi connectivity index (χ3v) is 2.91. The second kappa shape index (κ2) is 6.74. The van der Waals surface area contributed by atoms with Gasteiger partial charge in [0.15, 0.2) is 0 Å². The van der Waals surface area contributed by atoms with Crippen LogP contribution in [0.15, 0.2) is 18.2 Å². The smallest absolute Gasteiger partial charge is 0.337 e. The Morgan fingerprint density at radius 3 is 2.33 bits per heavy atom.